The van der Waals surface area contributed by atoms with Crippen LogP contribution in [0.15, 0.2) is 23.8 Å². The summed E-state index contributed by atoms with van der Waals surface area (Å²) in [6.45, 7) is 0.785. The minimum absolute atomic E-state index is 0.785. The summed E-state index contributed by atoms with van der Waals surface area (Å²) in [7, 11) is 1.72. The Labute approximate surface area is 49.7 Å². The summed E-state index contributed by atoms with van der Waals surface area (Å²) < 4.78 is 4.92. The first-order valence-electron chi connectivity index (χ1n) is 2.77. The molecule has 0 atom stereocenters. The second-order valence-corrected chi connectivity index (χ2v) is 1.89. The van der Waals surface area contributed by atoms with Gasteiger partial charge in [0.05, 0.1) is 6.61 Å². The van der Waals surface area contributed by atoms with Crippen molar-refractivity contribution in [3.05, 3.63) is 23.8 Å². The van der Waals surface area contributed by atoms with Crippen LogP contribution in [-0.2, 0) is 4.74 Å². The van der Waals surface area contributed by atoms with Gasteiger partial charge in [-0.1, -0.05) is 18.2 Å². The Kier molecular flexibility index (Phi) is 1.86. The molecule has 0 fully saturated rings. The Morgan fingerprint density at radius 2 is 2.62 bits per heavy atom. The smallest absolute Gasteiger partial charge is 0.0679 e. The molecule has 0 radical (unpaired) electrons. The van der Waals surface area contributed by atoms with Crippen LogP contribution in [0.1, 0.15) is 6.42 Å². The van der Waals surface area contributed by atoms with Crippen molar-refractivity contribution in [2.75, 3.05) is 13.7 Å². The lowest BCUT2D eigenvalue weighted by molar-refractivity contribution is 0.224. The van der Waals surface area contributed by atoms with Gasteiger partial charge in [0, 0.05) is 7.11 Å². The van der Waals surface area contributed by atoms with E-state index in [1.807, 2.05) is 0 Å². The molecule has 44 valence electrons. The van der Waals surface area contributed by atoms with Crippen molar-refractivity contribution in [3.63, 3.8) is 0 Å². The van der Waals surface area contributed by atoms with E-state index >= 15 is 0 Å². The van der Waals surface area contributed by atoms with Gasteiger partial charge in [-0.25, -0.2) is 0 Å². The van der Waals surface area contributed by atoms with E-state index in [1.54, 1.807) is 7.11 Å². The molecule has 0 aliphatic heterocycles. The molecule has 1 aliphatic rings. The summed E-state index contributed by atoms with van der Waals surface area (Å²) >= 11 is 0. The van der Waals surface area contributed by atoms with Gasteiger partial charge in [0.15, 0.2) is 0 Å². The Balaban J connectivity index is 2.28. The highest BCUT2D eigenvalue weighted by molar-refractivity contribution is 5.22. The van der Waals surface area contributed by atoms with Gasteiger partial charge in [0.2, 0.25) is 0 Å². The minimum Gasteiger partial charge on any atom is -0.380 e. The standard InChI is InChI=1S/C7H10O/c1-8-6-7-4-2-3-5-7/h2-4H,5-6H2,1H3. The van der Waals surface area contributed by atoms with Crippen LogP contribution in [0, 0.1) is 0 Å². The molecule has 0 aromatic rings. The van der Waals surface area contributed by atoms with Crippen LogP contribution in [0.4, 0.5) is 0 Å². The van der Waals surface area contributed by atoms with Crippen molar-refractivity contribution < 1.29 is 4.74 Å². The molecule has 1 nitrogen and oxygen atoms in total. The van der Waals surface area contributed by atoms with Crippen molar-refractivity contribution in [1.82, 2.24) is 0 Å². The second kappa shape index (κ2) is 2.68. The van der Waals surface area contributed by atoms with E-state index in [0.717, 1.165) is 13.0 Å². The average Bonchev–Trinajstić information content (AvgIpc) is 2.19. The predicted octanol–water partition coefficient (Wildman–Crippen LogP) is 1.52. The van der Waals surface area contributed by atoms with E-state index in [1.165, 1.54) is 5.57 Å². The fourth-order valence-corrected chi connectivity index (χ4v) is 0.784. The molecule has 0 heterocycles. The maximum absolute atomic E-state index is 4.92. The van der Waals surface area contributed by atoms with E-state index < -0.39 is 0 Å². The Morgan fingerprint density at radius 1 is 1.75 bits per heavy atom. The van der Waals surface area contributed by atoms with Crippen LogP contribution in [0.25, 0.3) is 0 Å². The van der Waals surface area contributed by atoms with Gasteiger partial charge in [-0.3, -0.25) is 0 Å². The summed E-state index contributed by atoms with van der Waals surface area (Å²) in [4.78, 5) is 0. The number of hydrogen-bond donors (Lipinski definition) is 0. The van der Waals surface area contributed by atoms with Crippen LogP contribution in [0.3, 0.4) is 0 Å². The lowest BCUT2D eigenvalue weighted by Crippen LogP contribution is -1.89. The highest BCUT2D eigenvalue weighted by Gasteiger charge is 1.95. The molecule has 0 aromatic carbocycles. The van der Waals surface area contributed by atoms with Gasteiger partial charge in [0.1, 0.15) is 0 Å². The van der Waals surface area contributed by atoms with E-state index in [-0.39, 0.29) is 0 Å². The third-order valence-corrected chi connectivity index (χ3v) is 1.18. The maximum Gasteiger partial charge on any atom is 0.0679 e. The van der Waals surface area contributed by atoms with Crippen molar-refractivity contribution in [2.45, 2.75) is 6.42 Å². The van der Waals surface area contributed by atoms with Gasteiger partial charge < -0.3 is 4.74 Å². The van der Waals surface area contributed by atoms with E-state index in [4.69, 9.17) is 4.74 Å². The molecular weight excluding hydrogens is 100 g/mol. The molecule has 0 aromatic heterocycles. The summed E-state index contributed by atoms with van der Waals surface area (Å²) in [5, 5.41) is 0. The van der Waals surface area contributed by atoms with Crippen molar-refractivity contribution >= 4 is 0 Å². The highest BCUT2D eigenvalue weighted by Crippen LogP contribution is 2.08. The van der Waals surface area contributed by atoms with Crippen molar-refractivity contribution in [3.8, 4) is 0 Å². The van der Waals surface area contributed by atoms with Crippen molar-refractivity contribution in [1.29, 1.82) is 0 Å². The molecule has 0 spiro atoms. The molecule has 0 saturated heterocycles. The summed E-state index contributed by atoms with van der Waals surface area (Å²) in [6.07, 6.45) is 7.38. The third kappa shape index (κ3) is 1.20. The van der Waals surface area contributed by atoms with Crippen molar-refractivity contribution in [2.24, 2.45) is 0 Å². The average molecular weight is 110 g/mol. The fraction of sp³-hybridized carbons (Fsp3) is 0.429. The Hall–Kier alpha value is -0.560. The Morgan fingerprint density at radius 3 is 3.12 bits per heavy atom. The summed E-state index contributed by atoms with van der Waals surface area (Å²) in [5.74, 6) is 0. The van der Waals surface area contributed by atoms with E-state index in [0.29, 0.717) is 0 Å². The molecule has 0 bridgehead atoms. The third-order valence-electron chi connectivity index (χ3n) is 1.18. The zero-order valence-electron chi connectivity index (χ0n) is 5.05. The van der Waals surface area contributed by atoms with Crippen LogP contribution in [0.2, 0.25) is 0 Å². The lowest BCUT2D eigenvalue weighted by atomic mass is 10.2. The minimum atomic E-state index is 0.785. The van der Waals surface area contributed by atoms with Gasteiger partial charge >= 0.3 is 0 Å². The van der Waals surface area contributed by atoms with Gasteiger partial charge in [-0.05, 0) is 12.0 Å². The van der Waals surface area contributed by atoms with Crippen LogP contribution in [0.5, 0.6) is 0 Å². The highest BCUT2D eigenvalue weighted by atomic mass is 16.5. The molecular formula is C7H10O. The lowest BCUT2D eigenvalue weighted by Gasteiger charge is -1.95. The number of hydrogen-bond acceptors (Lipinski definition) is 1. The largest absolute Gasteiger partial charge is 0.380 e. The molecule has 0 N–H and O–H groups in total. The fourth-order valence-electron chi connectivity index (χ4n) is 0.784. The molecule has 0 saturated carbocycles. The number of methoxy groups -OCH3 is 1. The monoisotopic (exact) mass is 110 g/mol. The molecule has 0 unspecified atom stereocenters. The zero-order valence-corrected chi connectivity index (χ0v) is 5.05. The first-order valence-corrected chi connectivity index (χ1v) is 2.77. The zero-order chi connectivity index (χ0) is 5.82. The summed E-state index contributed by atoms with van der Waals surface area (Å²) in [6, 6.07) is 0. The number of rotatable bonds is 2. The quantitative estimate of drug-likeness (QED) is 0.523. The van der Waals surface area contributed by atoms with Gasteiger partial charge in [0.25, 0.3) is 0 Å². The predicted molar refractivity (Wildman–Crippen MR) is 33.7 cm³/mol. The van der Waals surface area contributed by atoms with Gasteiger partial charge in [-0.2, -0.15) is 0 Å². The maximum atomic E-state index is 4.92. The first-order chi connectivity index (χ1) is 3.93. The summed E-state index contributed by atoms with van der Waals surface area (Å²) in [5.41, 5.74) is 1.37. The topological polar surface area (TPSA) is 9.23 Å². The molecule has 1 heteroatoms. The van der Waals surface area contributed by atoms with Crippen LogP contribution >= 0.6 is 0 Å². The molecule has 8 heavy (non-hydrogen) atoms. The molecule has 1 rings (SSSR count). The molecule has 1 aliphatic carbocycles. The van der Waals surface area contributed by atoms with E-state index in [9.17, 15) is 0 Å². The second-order valence-electron chi connectivity index (χ2n) is 1.89. The molecule has 0 amide bonds. The number of allylic oxidation sites excluding steroid dienone is 3. The first kappa shape index (κ1) is 5.57. The van der Waals surface area contributed by atoms with Crippen LogP contribution in [-0.4, -0.2) is 13.7 Å². The normalized spacial score (nSPS) is 16.9. The van der Waals surface area contributed by atoms with E-state index in [2.05, 4.69) is 18.2 Å². The number of ether oxygens (including phenoxy) is 1. The van der Waals surface area contributed by atoms with Gasteiger partial charge in [-0.15, -0.1) is 0 Å². The van der Waals surface area contributed by atoms with Crippen LogP contribution < -0.4 is 0 Å². The SMILES string of the molecule is COCC1=CC=CC1. The Bertz CT molecular complexity index is 122.